The molecule has 0 unspecified atom stereocenters. The number of benzene rings is 2. The molecule has 0 saturated carbocycles. The van der Waals surface area contributed by atoms with Crippen LogP contribution in [0.1, 0.15) is 37.2 Å². The number of H-pyrrole nitrogens is 1. The highest BCUT2D eigenvalue weighted by Gasteiger charge is 2.18. The van der Waals surface area contributed by atoms with Gasteiger partial charge in [0.15, 0.2) is 0 Å². The van der Waals surface area contributed by atoms with Crippen molar-refractivity contribution in [2.24, 2.45) is 4.99 Å². The van der Waals surface area contributed by atoms with Crippen LogP contribution in [0.15, 0.2) is 89.6 Å². The van der Waals surface area contributed by atoms with E-state index in [9.17, 15) is 0 Å². The Hall–Kier alpha value is -3.13. The largest absolute Gasteiger partial charge is 0.358 e. The molecule has 1 aromatic heterocycles. The molecule has 0 aliphatic carbocycles. The molecule has 1 N–H and O–H groups in total. The Morgan fingerprint density at radius 3 is 2.30 bits per heavy atom. The van der Waals surface area contributed by atoms with E-state index in [1.807, 2.05) is 0 Å². The molecule has 0 bridgehead atoms. The highest BCUT2D eigenvalue weighted by molar-refractivity contribution is 6.01. The first-order valence-corrected chi connectivity index (χ1v) is 9.63. The molecule has 2 heterocycles. The quantitative estimate of drug-likeness (QED) is 0.548. The predicted molar refractivity (Wildman–Crippen MR) is 115 cm³/mol. The zero-order valence-electron chi connectivity index (χ0n) is 15.9. The normalized spacial score (nSPS) is 15.1. The molecule has 0 radical (unpaired) electrons. The second kappa shape index (κ2) is 7.63. The van der Waals surface area contributed by atoms with Gasteiger partial charge in [-0.1, -0.05) is 68.4 Å². The topological polar surface area (TPSA) is 28.1 Å². The predicted octanol–water partition coefficient (Wildman–Crippen LogP) is 6.42. The smallest absolute Gasteiger partial charge is 0.0733 e. The van der Waals surface area contributed by atoms with Crippen LogP contribution in [0.3, 0.4) is 0 Å². The Morgan fingerprint density at radius 2 is 1.59 bits per heavy atom. The maximum Gasteiger partial charge on any atom is 0.0733 e. The molecule has 0 saturated heterocycles. The van der Waals surface area contributed by atoms with Crippen LogP contribution in [0.4, 0.5) is 0 Å². The van der Waals surface area contributed by atoms with Gasteiger partial charge in [0.05, 0.1) is 5.70 Å². The fourth-order valence-corrected chi connectivity index (χ4v) is 3.52. The third kappa shape index (κ3) is 3.43. The summed E-state index contributed by atoms with van der Waals surface area (Å²) in [7, 11) is 0. The van der Waals surface area contributed by atoms with E-state index in [1.54, 1.807) is 0 Å². The SMILES string of the molecule is CCC1=N/C(=C(\c2ccc(CC)[nH]2)c2ccccc2-c2ccccc2)C=C1. The van der Waals surface area contributed by atoms with Crippen LogP contribution >= 0.6 is 0 Å². The molecule has 2 nitrogen and oxygen atoms in total. The third-order valence-corrected chi connectivity index (χ3v) is 4.99. The summed E-state index contributed by atoms with van der Waals surface area (Å²) in [5.74, 6) is 0. The molecule has 4 rings (SSSR count). The van der Waals surface area contributed by atoms with Crippen LogP contribution in [0.5, 0.6) is 0 Å². The van der Waals surface area contributed by atoms with Gasteiger partial charge in [-0.25, -0.2) is 0 Å². The maximum atomic E-state index is 4.89. The van der Waals surface area contributed by atoms with Crippen LogP contribution in [-0.4, -0.2) is 10.7 Å². The van der Waals surface area contributed by atoms with E-state index in [0.717, 1.165) is 35.5 Å². The van der Waals surface area contributed by atoms with Crippen LogP contribution < -0.4 is 0 Å². The Kier molecular flexibility index (Phi) is 4.88. The minimum Gasteiger partial charge on any atom is -0.358 e. The minimum absolute atomic E-state index is 0.943. The van der Waals surface area contributed by atoms with Crippen LogP contribution in [0.2, 0.25) is 0 Å². The van der Waals surface area contributed by atoms with Gasteiger partial charge in [0.2, 0.25) is 0 Å². The highest BCUT2D eigenvalue weighted by atomic mass is 14.8. The van der Waals surface area contributed by atoms with Crippen LogP contribution in [-0.2, 0) is 6.42 Å². The molecular formula is C25H24N2. The van der Waals surface area contributed by atoms with Crippen molar-refractivity contribution in [1.82, 2.24) is 4.98 Å². The molecule has 0 amide bonds. The molecule has 2 heteroatoms. The van der Waals surface area contributed by atoms with Gasteiger partial charge in [-0.05, 0) is 53.8 Å². The number of rotatable bonds is 5. The molecule has 27 heavy (non-hydrogen) atoms. The summed E-state index contributed by atoms with van der Waals surface area (Å²) in [6.45, 7) is 4.32. The number of aryl methyl sites for hydroxylation is 1. The van der Waals surface area contributed by atoms with E-state index in [-0.39, 0.29) is 0 Å². The van der Waals surface area contributed by atoms with Crippen molar-refractivity contribution < 1.29 is 0 Å². The third-order valence-electron chi connectivity index (χ3n) is 4.99. The van der Waals surface area contributed by atoms with E-state index >= 15 is 0 Å². The number of aromatic nitrogens is 1. The first-order chi connectivity index (χ1) is 13.3. The lowest BCUT2D eigenvalue weighted by Crippen LogP contribution is -1.96. The average Bonchev–Trinajstić information content (AvgIpc) is 3.39. The molecule has 0 spiro atoms. The van der Waals surface area contributed by atoms with Gasteiger partial charge >= 0.3 is 0 Å². The lowest BCUT2D eigenvalue weighted by molar-refractivity contribution is 1.06. The number of nitrogens with zero attached hydrogens (tertiary/aromatic N) is 1. The summed E-state index contributed by atoms with van der Waals surface area (Å²) in [6, 6.07) is 23.5. The lowest BCUT2D eigenvalue weighted by atomic mass is 9.92. The van der Waals surface area contributed by atoms with E-state index in [0.29, 0.717) is 0 Å². The van der Waals surface area contributed by atoms with Crippen molar-refractivity contribution >= 4 is 11.3 Å². The molecule has 1 aliphatic heterocycles. The Labute approximate surface area is 161 Å². The Balaban J connectivity index is 1.95. The Morgan fingerprint density at radius 1 is 0.815 bits per heavy atom. The standard InChI is InChI=1S/C25H24N2/c1-3-19-14-16-23(26-19)25(24-17-15-20(4-2)27-24)22-13-9-8-12-21(22)18-10-6-5-7-11-18/h5-17,26H,3-4H2,1-2H3/b25-24-. The molecular weight excluding hydrogens is 328 g/mol. The van der Waals surface area contributed by atoms with Crippen molar-refractivity contribution in [3.05, 3.63) is 102 Å². The second-order valence-corrected chi connectivity index (χ2v) is 6.71. The van der Waals surface area contributed by atoms with Crippen LogP contribution in [0, 0.1) is 0 Å². The highest BCUT2D eigenvalue weighted by Crippen LogP contribution is 2.36. The molecule has 0 fully saturated rings. The van der Waals surface area contributed by atoms with Crippen molar-refractivity contribution in [2.75, 3.05) is 0 Å². The number of hydrogen-bond acceptors (Lipinski definition) is 1. The first-order valence-electron chi connectivity index (χ1n) is 9.63. The number of allylic oxidation sites excluding steroid dienone is 2. The van der Waals surface area contributed by atoms with Gasteiger partial charge < -0.3 is 4.98 Å². The van der Waals surface area contributed by atoms with Gasteiger partial charge in [0.1, 0.15) is 0 Å². The fraction of sp³-hybridized carbons (Fsp3) is 0.160. The monoisotopic (exact) mass is 352 g/mol. The zero-order chi connectivity index (χ0) is 18.6. The summed E-state index contributed by atoms with van der Waals surface area (Å²) < 4.78 is 0. The summed E-state index contributed by atoms with van der Waals surface area (Å²) in [6.07, 6.45) is 6.20. The number of aliphatic imine (C=N–C) groups is 1. The maximum absolute atomic E-state index is 4.89. The van der Waals surface area contributed by atoms with E-state index in [2.05, 4.69) is 97.7 Å². The molecule has 134 valence electrons. The first kappa shape index (κ1) is 17.3. The zero-order valence-corrected chi connectivity index (χ0v) is 15.9. The summed E-state index contributed by atoms with van der Waals surface area (Å²) in [4.78, 5) is 8.48. The van der Waals surface area contributed by atoms with E-state index in [1.165, 1.54) is 22.4 Å². The molecule has 1 aliphatic rings. The van der Waals surface area contributed by atoms with Crippen LogP contribution in [0.25, 0.3) is 16.7 Å². The van der Waals surface area contributed by atoms with E-state index in [4.69, 9.17) is 4.99 Å². The lowest BCUT2D eigenvalue weighted by Gasteiger charge is -2.14. The average molecular weight is 352 g/mol. The van der Waals surface area contributed by atoms with E-state index < -0.39 is 0 Å². The van der Waals surface area contributed by atoms with Gasteiger partial charge in [-0.3, -0.25) is 4.99 Å². The summed E-state index contributed by atoms with van der Waals surface area (Å²) >= 11 is 0. The molecule has 0 atom stereocenters. The number of hydrogen-bond donors (Lipinski definition) is 1. The molecule has 2 aromatic carbocycles. The van der Waals surface area contributed by atoms with Crippen molar-refractivity contribution in [3.63, 3.8) is 0 Å². The summed E-state index contributed by atoms with van der Waals surface area (Å²) in [5.41, 5.74) is 9.32. The second-order valence-electron chi connectivity index (χ2n) is 6.71. The number of nitrogens with one attached hydrogen (secondary N) is 1. The fourth-order valence-electron chi connectivity index (χ4n) is 3.52. The van der Waals surface area contributed by atoms with Gasteiger partial charge in [0.25, 0.3) is 0 Å². The van der Waals surface area contributed by atoms with Crippen molar-refractivity contribution in [3.8, 4) is 11.1 Å². The van der Waals surface area contributed by atoms with Gasteiger partial charge in [-0.2, -0.15) is 0 Å². The van der Waals surface area contributed by atoms with Crippen molar-refractivity contribution in [2.45, 2.75) is 26.7 Å². The molecule has 3 aromatic rings. The minimum atomic E-state index is 0.943. The van der Waals surface area contributed by atoms with Crippen molar-refractivity contribution in [1.29, 1.82) is 0 Å². The van der Waals surface area contributed by atoms with Gasteiger partial charge in [0, 0.05) is 22.7 Å². The summed E-state index contributed by atoms with van der Waals surface area (Å²) in [5, 5.41) is 0. The Bertz CT molecular complexity index is 1030. The number of aromatic amines is 1. The van der Waals surface area contributed by atoms with Gasteiger partial charge in [-0.15, -0.1) is 0 Å².